The van der Waals surface area contributed by atoms with Crippen molar-refractivity contribution in [1.82, 2.24) is 14.7 Å². The Morgan fingerprint density at radius 3 is 2.81 bits per heavy atom. The summed E-state index contributed by atoms with van der Waals surface area (Å²) in [6.45, 7) is 6.65. The summed E-state index contributed by atoms with van der Waals surface area (Å²) in [5.74, 6) is 0. The lowest BCUT2D eigenvalue weighted by Gasteiger charge is -2.18. The van der Waals surface area contributed by atoms with E-state index in [1.54, 1.807) is 0 Å². The zero-order valence-corrected chi connectivity index (χ0v) is 10.4. The summed E-state index contributed by atoms with van der Waals surface area (Å²) in [6, 6.07) is 2.16. The SMILES string of the molecule is CCc1cc(CN2CCC(C)(O)C2)n(C)n1. The third-order valence-corrected chi connectivity index (χ3v) is 3.31. The van der Waals surface area contributed by atoms with Crippen molar-refractivity contribution in [1.29, 1.82) is 0 Å². The predicted octanol–water partition coefficient (Wildman–Crippen LogP) is 0.939. The Balaban J connectivity index is 2.01. The summed E-state index contributed by atoms with van der Waals surface area (Å²) in [6.07, 6.45) is 1.84. The fourth-order valence-electron chi connectivity index (χ4n) is 2.30. The lowest BCUT2D eigenvalue weighted by Crippen LogP contribution is -2.29. The van der Waals surface area contributed by atoms with Gasteiger partial charge in [-0.15, -0.1) is 0 Å². The Morgan fingerprint density at radius 2 is 2.31 bits per heavy atom. The van der Waals surface area contributed by atoms with Gasteiger partial charge >= 0.3 is 0 Å². The molecule has 0 aliphatic carbocycles. The molecular weight excluding hydrogens is 202 g/mol. The molecular formula is C12H21N3O. The molecule has 1 aromatic heterocycles. The van der Waals surface area contributed by atoms with E-state index in [0.717, 1.165) is 38.2 Å². The zero-order chi connectivity index (χ0) is 11.8. The molecule has 1 N–H and O–H groups in total. The van der Waals surface area contributed by atoms with Gasteiger partial charge < -0.3 is 5.11 Å². The van der Waals surface area contributed by atoms with Crippen LogP contribution in [0.5, 0.6) is 0 Å². The molecule has 0 bridgehead atoms. The topological polar surface area (TPSA) is 41.3 Å². The summed E-state index contributed by atoms with van der Waals surface area (Å²) < 4.78 is 1.95. The third-order valence-electron chi connectivity index (χ3n) is 3.31. The first-order valence-corrected chi connectivity index (χ1v) is 5.97. The van der Waals surface area contributed by atoms with Crippen LogP contribution < -0.4 is 0 Å². The van der Waals surface area contributed by atoms with Crippen LogP contribution in [0.3, 0.4) is 0 Å². The molecule has 0 saturated carbocycles. The van der Waals surface area contributed by atoms with E-state index in [1.165, 1.54) is 5.69 Å². The fourth-order valence-corrected chi connectivity index (χ4v) is 2.30. The molecule has 0 spiro atoms. The van der Waals surface area contributed by atoms with Crippen LogP contribution in [0.25, 0.3) is 0 Å². The number of hydrogen-bond acceptors (Lipinski definition) is 3. The van der Waals surface area contributed by atoms with Crippen molar-refractivity contribution in [3.63, 3.8) is 0 Å². The van der Waals surface area contributed by atoms with Gasteiger partial charge in [-0.2, -0.15) is 5.10 Å². The average Bonchev–Trinajstić information content (AvgIpc) is 2.71. The Labute approximate surface area is 96.9 Å². The number of hydrogen-bond donors (Lipinski definition) is 1. The van der Waals surface area contributed by atoms with Gasteiger partial charge in [0.1, 0.15) is 0 Å². The molecule has 0 aromatic carbocycles. The van der Waals surface area contributed by atoms with E-state index in [1.807, 2.05) is 18.7 Å². The minimum atomic E-state index is -0.508. The molecule has 0 radical (unpaired) electrons. The molecule has 16 heavy (non-hydrogen) atoms. The van der Waals surface area contributed by atoms with Gasteiger partial charge in [0.15, 0.2) is 0 Å². The van der Waals surface area contributed by atoms with Gasteiger partial charge in [-0.1, -0.05) is 6.92 Å². The standard InChI is InChI=1S/C12H21N3O/c1-4-10-7-11(14(3)13-10)8-15-6-5-12(2,16)9-15/h7,16H,4-6,8-9H2,1-3H3. The van der Waals surface area contributed by atoms with E-state index in [0.29, 0.717) is 0 Å². The molecule has 1 unspecified atom stereocenters. The van der Waals surface area contributed by atoms with Gasteiger partial charge in [-0.25, -0.2) is 0 Å². The highest BCUT2D eigenvalue weighted by atomic mass is 16.3. The largest absolute Gasteiger partial charge is 0.389 e. The van der Waals surface area contributed by atoms with Crippen molar-refractivity contribution < 1.29 is 5.11 Å². The maximum absolute atomic E-state index is 9.90. The van der Waals surface area contributed by atoms with E-state index in [-0.39, 0.29) is 0 Å². The van der Waals surface area contributed by atoms with Crippen LogP contribution in [0, 0.1) is 0 Å². The summed E-state index contributed by atoms with van der Waals surface area (Å²) in [5.41, 5.74) is 1.87. The van der Waals surface area contributed by atoms with Crippen LogP contribution in [-0.2, 0) is 20.0 Å². The predicted molar refractivity (Wildman–Crippen MR) is 63.1 cm³/mol. The van der Waals surface area contributed by atoms with Crippen molar-refractivity contribution in [2.75, 3.05) is 13.1 Å². The molecule has 1 atom stereocenters. The van der Waals surface area contributed by atoms with Gasteiger partial charge in [0.2, 0.25) is 0 Å². The molecule has 0 amide bonds. The summed E-state index contributed by atoms with van der Waals surface area (Å²) >= 11 is 0. The molecule has 4 heteroatoms. The molecule has 1 saturated heterocycles. The van der Waals surface area contributed by atoms with E-state index in [2.05, 4.69) is 23.0 Å². The molecule has 1 aliphatic heterocycles. The maximum atomic E-state index is 9.90. The van der Waals surface area contributed by atoms with Crippen LogP contribution in [-0.4, -0.2) is 38.5 Å². The van der Waals surface area contributed by atoms with Crippen LogP contribution in [0.4, 0.5) is 0 Å². The van der Waals surface area contributed by atoms with Gasteiger partial charge in [-0.3, -0.25) is 9.58 Å². The number of aliphatic hydroxyl groups is 1. The Kier molecular flexibility index (Phi) is 3.04. The monoisotopic (exact) mass is 223 g/mol. The summed E-state index contributed by atoms with van der Waals surface area (Å²) in [4.78, 5) is 2.29. The average molecular weight is 223 g/mol. The molecule has 1 aliphatic rings. The zero-order valence-electron chi connectivity index (χ0n) is 10.4. The lowest BCUT2D eigenvalue weighted by atomic mass is 10.1. The highest BCUT2D eigenvalue weighted by Crippen LogP contribution is 2.22. The summed E-state index contributed by atoms with van der Waals surface area (Å²) in [5, 5.41) is 14.3. The first-order chi connectivity index (χ1) is 7.50. The van der Waals surface area contributed by atoms with Crippen molar-refractivity contribution in [2.24, 2.45) is 7.05 Å². The van der Waals surface area contributed by atoms with Crippen molar-refractivity contribution in [3.8, 4) is 0 Å². The number of aryl methyl sites for hydroxylation is 2. The normalized spacial score (nSPS) is 26.5. The molecule has 1 aromatic rings. The van der Waals surface area contributed by atoms with Gasteiger partial charge in [0, 0.05) is 26.7 Å². The summed E-state index contributed by atoms with van der Waals surface area (Å²) in [7, 11) is 1.99. The van der Waals surface area contributed by atoms with Gasteiger partial charge in [0.25, 0.3) is 0 Å². The fraction of sp³-hybridized carbons (Fsp3) is 0.750. The first-order valence-electron chi connectivity index (χ1n) is 5.97. The molecule has 90 valence electrons. The quantitative estimate of drug-likeness (QED) is 0.829. The van der Waals surface area contributed by atoms with E-state index in [9.17, 15) is 5.11 Å². The second kappa shape index (κ2) is 4.18. The highest BCUT2D eigenvalue weighted by Gasteiger charge is 2.31. The number of likely N-dealkylation sites (tertiary alicyclic amines) is 1. The molecule has 2 heterocycles. The number of β-amino-alcohol motifs (C(OH)–C–C–N with tert-alkyl or cyclic N) is 1. The van der Waals surface area contributed by atoms with Crippen molar-refractivity contribution >= 4 is 0 Å². The van der Waals surface area contributed by atoms with Crippen LogP contribution in [0.2, 0.25) is 0 Å². The Hall–Kier alpha value is -0.870. The van der Waals surface area contributed by atoms with Crippen LogP contribution in [0.1, 0.15) is 31.7 Å². The number of rotatable bonds is 3. The van der Waals surface area contributed by atoms with E-state index >= 15 is 0 Å². The third kappa shape index (κ3) is 2.44. The minimum absolute atomic E-state index is 0.508. The second-order valence-corrected chi connectivity index (χ2v) is 5.06. The van der Waals surface area contributed by atoms with E-state index in [4.69, 9.17) is 0 Å². The maximum Gasteiger partial charge on any atom is 0.0758 e. The van der Waals surface area contributed by atoms with E-state index < -0.39 is 5.60 Å². The van der Waals surface area contributed by atoms with Crippen molar-refractivity contribution in [2.45, 2.75) is 38.8 Å². The molecule has 1 fully saturated rings. The van der Waals surface area contributed by atoms with Crippen LogP contribution >= 0.6 is 0 Å². The number of nitrogens with zero attached hydrogens (tertiary/aromatic N) is 3. The first kappa shape index (κ1) is 11.6. The number of aromatic nitrogens is 2. The Morgan fingerprint density at radius 1 is 1.56 bits per heavy atom. The lowest BCUT2D eigenvalue weighted by molar-refractivity contribution is 0.0676. The second-order valence-electron chi connectivity index (χ2n) is 5.06. The molecule has 2 rings (SSSR count). The van der Waals surface area contributed by atoms with Gasteiger partial charge in [0.05, 0.1) is 17.0 Å². The highest BCUT2D eigenvalue weighted by molar-refractivity contribution is 5.10. The minimum Gasteiger partial charge on any atom is -0.389 e. The van der Waals surface area contributed by atoms with Crippen molar-refractivity contribution in [3.05, 3.63) is 17.5 Å². The van der Waals surface area contributed by atoms with Crippen LogP contribution in [0.15, 0.2) is 6.07 Å². The smallest absolute Gasteiger partial charge is 0.0758 e. The molecule has 4 nitrogen and oxygen atoms in total. The van der Waals surface area contributed by atoms with Gasteiger partial charge in [-0.05, 0) is 25.8 Å². The Bertz CT molecular complexity index is 370.